The maximum atomic E-state index is 12.3. The van der Waals surface area contributed by atoms with Gasteiger partial charge >= 0.3 is 12.1 Å². The van der Waals surface area contributed by atoms with E-state index in [1.165, 1.54) is 7.11 Å². The third kappa shape index (κ3) is 8.45. The molecule has 0 bridgehead atoms. The minimum atomic E-state index is -1.17. The Balaban J connectivity index is 1.78. The van der Waals surface area contributed by atoms with Crippen LogP contribution in [0.2, 0.25) is 0 Å². The third-order valence-electron chi connectivity index (χ3n) is 4.46. The lowest BCUT2D eigenvalue weighted by Crippen LogP contribution is -2.45. The molecule has 9 heteroatoms. The van der Waals surface area contributed by atoms with Crippen molar-refractivity contribution in [1.82, 2.24) is 10.6 Å². The molecule has 32 heavy (non-hydrogen) atoms. The Hall–Kier alpha value is -3.90. The summed E-state index contributed by atoms with van der Waals surface area (Å²) in [7, 11) is 1.21. The molecule has 0 aliphatic rings. The van der Waals surface area contributed by atoms with Crippen molar-refractivity contribution < 1.29 is 29.0 Å². The lowest BCUT2D eigenvalue weighted by molar-refractivity contribution is -0.145. The van der Waals surface area contributed by atoms with Crippen molar-refractivity contribution in [2.75, 3.05) is 13.7 Å². The van der Waals surface area contributed by atoms with Crippen LogP contribution in [0, 0.1) is 11.3 Å². The lowest BCUT2D eigenvalue weighted by Gasteiger charge is -2.18. The minimum absolute atomic E-state index is 0.0827. The highest BCUT2D eigenvalue weighted by molar-refractivity contribution is 5.85. The number of ether oxygens (including phenoxy) is 2. The number of nitriles is 1. The third-order valence-corrected chi connectivity index (χ3v) is 4.46. The molecule has 2 aromatic rings. The summed E-state index contributed by atoms with van der Waals surface area (Å²) in [5.41, 5.74) is 2.02. The van der Waals surface area contributed by atoms with Crippen LogP contribution in [0.5, 0.6) is 0 Å². The van der Waals surface area contributed by atoms with Crippen LogP contribution in [0.3, 0.4) is 0 Å². The molecule has 9 nitrogen and oxygen atoms in total. The number of carbonyl (C=O) groups is 3. The Kier molecular flexibility index (Phi) is 9.69. The van der Waals surface area contributed by atoms with Crippen molar-refractivity contribution in [1.29, 1.82) is 5.26 Å². The maximum Gasteiger partial charge on any atom is 0.407 e. The molecule has 3 N–H and O–H groups in total. The highest BCUT2D eigenvalue weighted by atomic mass is 16.5. The number of hydrogen-bond acceptors (Lipinski definition) is 7. The number of methoxy groups -OCH3 is 1. The number of aliphatic hydroxyl groups excluding tert-OH is 1. The van der Waals surface area contributed by atoms with Crippen LogP contribution in [0.15, 0.2) is 54.6 Å². The monoisotopic (exact) mass is 439 g/mol. The normalized spacial score (nSPS) is 12.0. The molecule has 0 heterocycles. The highest BCUT2D eigenvalue weighted by Gasteiger charge is 2.23. The molecule has 0 aliphatic heterocycles. The fraction of sp³-hybridized carbons (Fsp3) is 0.304. The first kappa shape index (κ1) is 24.4. The number of rotatable bonds is 10. The largest absolute Gasteiger partial charge is 0.467 e. The number of alkyl carbamates (subject to hydrolysis) is 1. The molecule has 168 valence electrons. The molecule has 2 atom stereocenters. The van der Waals surface area contributed by atoms with Gasteiger partial charge in [0.25, 0.3) is 0 Å². The predicted octanol–water partition coefficient (Wildman–Crippen LogP) is 1.44. The Morgan fingerprint density at radius 3 is 2.38 bits per heavy atom. The summed E-state index contributed by atoms with van der Waals surface area (Å²) in [5.74, 6) is -1.22. The molecular formula is C23H25N3O6. The van der Waals surface area contributed by atoms with Crippen molar-refractivity contribution >= 4 is 18.0 Å². The molecule has 0 saturated heterocycles. The van der Waals surface area contributed by atoms with Gasteiger partial charge in [0.15, 0.2) is 0 Å². The predicted molar refractivity (Wildman–Crippen MR) is 114 cm³/mol. The zero-order valence-electron chi connectivity index (χ0n) is 17.6. The molecule has 2 aromatic carbocycles. The zero-order chi connectivity index (χ0) is 23.3. The van der Waals surface area contributed by atoms with E-state index < -0.39 is 30.1 Å². The second-order valence-electron chi connectivity index (χ2n) is 6.96. The molecular weight excluding hydrogens is 414 g/mol. The standard InChI is InChI=1S/C23H25N3O6/c1-31-22(29)20(11-16-7-9-17(13-24)10-8-16)26-21(28)12-19(27)14-25-23(30)32-15-18-5-3-2-4-6-18/h2-10,19-20,27H,11-12,14-15H2,1H3,(H,25,30)(H,26,28)/t19-,20-/m1/s1. The van der Waals surface area contributed by atoms with Crippen LogP contribution in [0.1, 0.15) is 23.1 Å². The topological polar surface area (TPSA) is 138 Å². The van der Waals surface area contributed by atoms with Gasteiger partial charge < -0.3 is 25.2 Å². The maximum absolute atomic E-state index is 12.3. The van der Waals surface area contributed by atoms with Crippen LogP contribution >= 0.6 is 0 Å². The van der Waals surface area contributed by atoms with Crippen molar-refractivity contribution in [3.05, 3.63) is 71.3 Å². The van der Waals surface area contributed by atoms with Gasteiger partial charge in [-0.15, -0.1) is 0 Å². The Morgan fingerprint density at radius 1 is 1.06 bits per heavy atom. The summed E-state index contributed by atoms with van der Waals surface area (Å²) < 4.78 is 9.77. The van der Waals surface area contributed by atoms with E-state index in [4.69, 9.17) is 14.7 Å². The van der Waals surface area contributed by atoms with Crippen LogP contribution < -0.4 is 10.6 Å². The second-order valence-corrected chi connectivity index (χ2v) is 6.96. The summed E-state index contributed by atoms with van der Waals surface area (Å²) in [6.07, 6.45) is -2.07. The summed E-state index contributed by atoms with van der Waals surface area (Å²) in [6.45, 7) is -0.112. The van der Waals surface area contributed by atoms with Crippen LogP contribution in [-0.2, 0) is 32.1 Å². The molecule has 2 rings (SSSR count). The van der Waals surface area contributed by atoms with Crippen LogP contribution in [-0.4, -0.2) is 48.9 Å². The highest BCUT2D eigenvalue weighted by Crippen LogP contribution is 2.08. The number of esters is 1. The number of benzene rings is 2. The van der Waals surface area contributed by atoms with E-state index in [0.29, 0.717) is 5.56 Å². The van der Waals surface area contributed by atoms with Gasteiger partial charge in [-0.1, -0.05) is 42.5 Å². The SMILES string of the molecule is COC(=O)[C@@H](Cc1ccc(C#N)cc1)NC(=O)C[C@@H](O)CNC(=O)OCc1ccccc1. The van der Waals surface area contributed by atoms with E-state index in [1.807, 2.05) is 36.4 Å². The zero-order valence-corrected chi connectivity index (χ0v) is 17.6. The van der Waals surface area contributed by atoms with Crippen molar-refractivity contribution in [3.63, 3.8) is 0 Å². The van der Waals surface area contributed by atoms with E-state index >= 15 is 0 Å². The van der Waals surface area contributed by atoms with E-state index in [-0.39, 0.29) is 26.0 Å². The average molecular weight is 439 g/mol. The lowest BCUT2D eigenvalue weighted by atomic mass is 10.0. The fourth-order valence-corrected chi connectivity index (χ4v) is 2.80. The number of aliphatic hydroxyl groups is 1. The first-order valence-electron chi connectivity index (χ1n) is 9.90. The Bertz CT molecular complexity index is 940. The van der Waals surface area contributed by atoms with Gasteiger partial charge in [0.05, 0.1) is 31.3 Å². The average Bonchev–Trinajstić information content (AvgIpc) is 2.81. The molecule has 0 radical (unpaired) electrons. The first-order valence-corrected chi connectivity index (χ1v) is 9.90. The summed E-state index contributed by atoms with van der Waals surface area (Å²) in [4.78, 5) is 36.0. The van der Waals surface area contributed by atoms with Gasteiger partial charge in [-0.3, -0.25) is 4.79 Å². The molecule has 0 spiro atoms. The van der Waals surface area contributed by atoms with E-state index in [9.17, 15) is 19.5 Å². The number of amides is 2. The minimum Gasteiger partial charge on any atom is -0.467 e. The van der Waals surface area contributed by atoms with E-state index in [2.05, 4.69) is 10.6 Å². The van der Waals surface area contributed by atoms with Gasteiger partial charge in [-0.05, 0) is 23.3 Å². The summed E-state index contributed by atoms with van der Waals surface area (Å²) >= 11 is 0. The van der Waals surface area contributed by atoms with E-state index in [1.54, 1.807) is 24.3 Å². The summed E-state index contributed by atoms with van der Waals surface area (Å²) in [5, 5.41) is 23.8. The molecule has 0 aromatic heterocycles. The first-order chi connectivity index (χ1) is 15.4. The second kappa shape index (κ2) is 12.7. The van der Waals surface area contributed by atoms with Crippen molar-refractivity contribution in [2.24, 2.45) is 0 Å². The van der Waals surface area contributed by atoms with Crippen molar-refractivity contribution in [3.8, 4) is 6.07 Å². The molecule has 2 amide bonds. The van der Waals surface area contributed by atoms with Crippen LogP contribution in [0.4, 0.5) is 4.79 Å². The number of nitrogens with zero attached hydrogens (tertiary/aromatic N) is 1. The van der Waals surface area contributed by atoms with E-state index in [0.717, 1.165) is 11.1 Å². The number of carbonyl (C=O) groups excluding carboxylic acids is 3. The van der Waals surface area contributed by atoms with Gasteiger partial charge in [0, 0.05) is 13.0 Å². The van der Waals surface area contributed by atoms with Gasteiger partial charge in [0.2, 0.25) is 5.91 Å². The molecule has 0 saturated carbocycles. The smallest absolute Gasteiger partial charge is 0.407 e. The summed E-state index contributed by atoms with van der Waals surface area (Å²) in [6, 6.07) is 16.7. The quantitative estimate of drug-likeness (QED) is 0.476. The van der Waals surface area contributed by atoms with Gasteiger partial charge in [-0.25, -0.2) is 9.59 Å². The molecule has 0 aliphatic carbocycles. The van der Waals surface area contributed by atoms with Gasteiger partial charge in [0.1, 0.15) is 12.6 Å². The molecule has 0 fully saturated rings. The van der Waals surface area contributed by atoms with Crippen molar-refractivity contribution in [2.45, 2.75) is 31.6 Å². The number of hydrogen-bond donors (Lipinski definition) is 3. The Labute approximate surface area is 186 Å². The van der Waals surface area contributed by atoms with Gasteiger partial charge in [-0.2, -0.15) is 5.26 Å². The fourth-order valence-electron chi connectivity index (χ4n) is 2.80. The number of nitrogens with one attached hydrogen (secondary N) is 2. The molecule has 0 unspecified atom stereocenters. The van der Waals surface area contributed by atoms with Crippen LogP contribution in [0.25, 0.3) is 0 Å². The Morgan fingerprint density at radius 2 is 1.75 bits per heavy atom.